The summed E-state index contributed by atoms with van der Waals surface area (Å²) in [6.45, 7) is 0. The smallest absolute Gasteiger partial charge is 0.279 e. The molecule has 1 saturated carbocycles. The predicted molar refractivity (Wildman–Crippen MR) is 119 cm³/mol. The molecule has 1 N–H and O–H groups in total. The predicted octanol–water partition coefficient (Wildman–Crippen LogP) is 4.59. The Bertz CT molecular complexity index is 1100. The molecule has 33 heavy (non-hydrogen) atoms. The van der Waals surface area contributed by atoms with Crippen molar-refractivity contribution in [1.29, 1.82) is 0 Å². The van der Waals surface area contributed by atoms with Gasteiger partial charge in [-0.15, -0.1) is 0 Å². The van der Waals surface area contributed by atoms with Crippen molar-refractivity contribution in [1.82, 2.24) is 15.3 Å². The van der Waals surface area contributed by atoms with E-state index in [1.54, 1.807) is 6.07 Å². The molecule has 170 valence electrons. The normalized spacial score (nSPS) is 15.0. The standard InChI is InChI=1S/C25H24F2N4O2/c26-18-11-9-17(10-12-18)23(24(32)30-20-6-2-1-3-7-20)31(21-8-4-5-19(27)15-21)25(33)22-16-28-13-14-29-22/h4-5,8-16,20,23H,1-3,6-7H2,(H,30,32)/t23-/m0/s1. The van der Waals surface area contributed by atoms with E-state index in [1.807, 2.05) is 0 Å². The number of rotatable bonds is 6. The molecule has 0 saturated heterocycles. The van der Waals surface area contributed by atoms with E-state index >= 15 is 0 Å². The Balaban J connectivity index is 1.80. The highest BCUT2D eigenvalue weighted by molar-refractivity contribution is 6.09. The second kappa shape index (κ2) is 10.3. The Hall–Kier alpha value is -3.68. The molecule has 0 radical (unpaired) electrons. The summed E-state index contributed by atoms with van der Waals surface area (Å²) >= 11 is 0. The second-order valence-corrected chi connectivity index (χ2v) is 8.04. The van der Waals surface area contributed by atoms with Crippen LogP contribution < -0.4 is 10.2 Å². The molecular formula is C25H24F2N4O2. The van der Waals surface area contributed by atoms with Gasteiger partial charge in [0.1, 0.15) is 23.4 Å². The van der Waals surface area contributed by atoms with E-state index in [0.29, 0.717) is 5.56 Å². The van der Waals surface area contributed by atoms with Crippen molar-refractivity contribution in [3.8, 4) is 0 Å². The zero-order valence-electron chi connectivity index (χ0n) is 18.0. The summed E-state index contributed by atoms with van der Waals surface area (Å²) in [5.41, 5.74) is 0.573. The fraction of sp³-hybridized carbons (Fsp3) is 0.280. The van der Waals surface area contributed by atoms with Crippen molar-refractivity contribution in [2.24, 2.45) is 0 Å². The van der Waals surface area contributed by atoms with Crippen LogP contribution >= 0.6 is 0 Å². The van der Waals surface area contributed by atoms with Crippen molar-refractivity contribution >= 4 is 17.5 Å². The summed E-state index contributed by atoms with van der Waals surface area (Å²) in [4.78, 5) is 36.4. The topological polar surface area (TPSA) is 75.2 Å². The lowest BCUT2D eigenvalue weighted by atomic mass is 9.94. The Labute approximate surface area is 190 Å². The zero-order chi connectivity index (χ0) is 23.2. The van der Waals surface area contributed by atoms with E-state index in [1.165, 1.54) is 66.0 Å². The van der Waals surface area contributed by atoms with Crippen molar-refractivity contribution in [2.75, 3.05) is 4.90 Å². The quantitative estimate of drug-likeness (QED) is 0.596. The Morgan fingerprint density at radius 2 is 1.73 bits per heavy atom. The minimum absolute atomic E-state index is 0.000612. The molecule has 3 aromatic rings. The monoisotopic (exact) mass is 450 g/mol. The van der Waals surface area contributed by atoms with Crippen molar-refractivity contribution in [2.45, 2.75) is 44.2 Å². The van der Waals surface area contributed by atoms with Crippen LogP contribution in [-0.2, 0) is 4.79 Å². The molecule has 8 heteroatoms. The van der Waals surface area contributed by atoms with E-state index in [0.717, 1.165) is 32.1 Å². The number of anilines is 1. The fourth-order valence-electron chi connectivity index (χ4n) is 4.13. The summed E-state index contributed by atoms with van der Waals surface area (Å²) < 4.78 is 27.8. The van der Waals surface area contributed by atoms with Crippen LogP contribution in [-0.4, -0.2) is 27.8 Å². The van der Waals surface area contributed by atoms with E-state index in [9.17, 15) is 18.4 Å². The maximum absolute atomic E-state index is 14.2. The minimum atomic E-state index is -1.16. The third-order valence-electron chi connectivity index (χ3n) is 5.73. The Kier molecular flexibility index (Phi) is 7.02. The van der Waals surface area contributed by atoms with Gasteiger partial charge in [0, 0.05) is 24.1 Å². The first-order valence-electron chi connectivity index (χ1n) is 10.9. The van der Waals surface area contributed by atoms with Crippen LogP contribution in [0.15, 0.2) is 67.1 Å². The van der Waals surface area contributed by atoms with Gasteiger partial charge in [0.25, 0.3) is 5.91 Å². The summed E-state index contributed by atoms with van der Waals surface area (Å²) in [7, 11) is 0. The Morgan fingerprint density at radius 1 is 0.970 bits per heavy atom. The Morgan fingerprint density at radius 3 is 2.39 bits per heavy atom. The lowest BCUT2D eigenvalue weighted by Crippen LogP contribution is -2.47. The second-order valence-electron chi connectivity index (χ2n) is 8.04. The van der Waals surface area contributed by atoms with Gasteiger partial charge in [-0.1, -0.05) is 37.5 Å². The van der Waals surface area contributed by atoms with Crippen molar-refractivity contribution in [3.63, 3.8) is 0 Å². The third kappa shape index (κ3) is 5.39. The summed E-state index contributed by atoms with van der Waals surface area (Å²) in [6, 6.07) is 9.62. The molecule has 0 spiro atoms. The number of nitrogens with zero attached hydrogens (tertiary/aromatic N) is 3. The van der Waals surface area contributed by atoms with Crippen molar-refractivity contribution in [3.05, 3.63) is 90.0 Å². The first-order valence-corrected chi connectivity index (χ1v) is 10.9. The van der Waals surface area contributed by atoms with Crippen LogP contribution in [0.2, 0.25) is 0 Å². The van der Waals surface area contributed by atoms with Gasteiger partial charge in [0.05, 0.1) is 6.20 Å². The molecular weight excluding hydrogens is 426 g/mol. The van der Waals surface area contributed by atoms with Gasteiger partial charge in [-0.3, -0.25) is 19.5 Å². The van der Waals surface area contributed by atoms with Gasteiger partial charge in [0.15, 0.2) is 0 Å². The molecule has 1 fully saturated rings. The van der Waals surface area contributed by atoms with Crippen LogP contribution in [0.4, 0.5) is 14.5 Å². The number of carbonyl (C=O) groups excluding carboxylic acids is 2. The van der Waals surface area contributed by atoms with E-state index < -0.39 is 29.5 Å². The number of amides is 2. The molecule has 1 atom stereocenters. The zero-order valence-corrected chi connectivity index (χ0v) is 18.0. The van der Waals surface area contributed by atoms with Gasteiger partial charge in [0.2, 0.25) is 5.91 Å². The van der Waals surface area contributed by atoms with Crippen LogP contribution in [0.1, 0.15) is 54.2 Å². The molecule has 1 aliphatic carbocycles. The fourth-order valence-corrected chi connectivity index (χ4v) is 4.13. The summed E-state index contributed by atoms with van der Waals surface area (Å²) in [5, 5.41) is 3.05. The minimum Gasteiger partial charge on any atom is -0.351 e. The van der Waals surface area contributed by atoms with Gasteiger partial charge >= 0.3 is 0 Å². The molecule has 0 bridgehead atoms. The molecule has 0 aliphatic heterocycles. The summed E-state index contributed by atoms with van der Waals surface area (Å²) in [6.07, 6.45) is 8.92. The first kappa shape index (κ1) is 22.5. The first-order chi connectivity index (χ1) is 16.0. The highest BCUT2D eigenvalue weighted by Gasteiger charge is 2.35. The van der Waals surface area contributed by atoms with E-state index in [2.05, 4.69) is 15.3 Å². The molecule has 2 aromatic carbocycles. The van der Waals surface area contributed by atoms with Gasteiger partial charge in [-0.25, -0.2) is 13.8 Å². The maximum atomic E-state index is 14.2. The summed E-state index contributed by atoms with van der Waals surface area (Å²) in [5.74, 6) is -2.07. The maximum Gasteiger partial charge on any atom is 0.279 e. The molecule has 4 rings (SSSR count). The molecule has 1 aromatic heterocycles. The SMILES string of the molecule is O=C(NC1CCCCC1)[C@H](c1ccc(F)cc1)N(C(=O)c1cnccn1)c1cccc(F)c1. The van der Waals surface area contributed by atoms with Crippen LogP contribution in [0.3, 0.4) is 0 Å². The van der Waals surface area contributed by atoms with Gasteiger partial charge < -0.3 is 5.32 Å². The molecule has 0 unspecified atom stereocenters. The number of halogens is 2. The number of hydrogen-bond donors (Lipinski definition) is 1. The van der Waals surface area contributed by atoms with Crippen LogP contribution in [0.5, 0.6) is 0 Å². The van der Waals surface area contributed by atoms with Gasteiger partial charge in [-0.05, 0) is 48.7 Å². The highest BCUT2D eigenvalue weighted by atomic mass is 19.1. The number of benzene rings is 2. The average molecular weight is 450 g/mol. The van der Waals surface area contributed by atoms with E-state index in [-0.39, 0.29) is 17.4 Å². The molecule has 1 aliphatic rings. The van der Waals surface area contributed by atoms with E-state index in [4.69, 9.17) is 0 Å². The average Bonchev–Trinajstić information content (AvgIpc) is 2.84. The number of hydrogen-bond acceptors (Lipinski definition) is 4. The largest absolute Gasteiger partial charge is 0.351 e. The van der Waals surface area contributed by atoms with Crippen molar-refractivity contribution < 1.29 is 18.4 Å². The van der Waals surface area contributed by atoms with Crippen LogP contribution in [0, 0.1) is 11.6 Å². The molecule has 1 heterocycles. The highest BCUT2D eigenvalue weighted by Crippen LogP contribution is 2.31. The lowest BCUT2D eigenvalue weighted by Gasteiger charge is -2.33. The van der Waals surface area contributed by atoms with Crippen LogP contribution in [0.25, 0.3) is 0 Å². The third-order valence-corrected chi connectivity index (χ3v) is 5.73. The number of carbonyl (C=O) groups is 2. The lowest BCUT2D eigenvalue weighted by molar-refractivity contribution is -0.123. The number of nitrogens with one attached hydrogen (secondary N) is 1. The van der Waals surface area contributed by atoms with Gasteiger partial charge in [-0.2, -0.15) is 0 Å². The molecule has 6 nitrogen and oxygen atoms in total. The number of aromatic nitrogens is 2. The molecule has 2 amide bonds.